The Kier molecular flexibility index (Phi) is 5.85. The van der Waals surface area contributed by atoms with Gasteiger partial charge in [-0.15, -0.1) is 0 Å². The number of nitriles is 2. The molecule has 1 aromatic carbocycles. The molecule has 0 bridgehead atoms. The molecule has 150 valence electrons. The summed E-state index contributed by atoms with van der Waals surface area (Å²) in [6.07, 6.45) is 3.41. The highest BCUT2D eigenvalue weighted by Gasteiger charge is 2.20. The third kappa shape index (κ3) is 4.65. The lowest BCUT2D eigenvalue weighted by Gasteiger charge is -2.21. The van der Waals surface area contributed by atoms with E-state index in [1.54, 1.807) is 12.4 Å². The first-order chi connectivity index (χ1) is 14.3. The average Bonchev–Trinajstić information content (AvgIpc) is 2.72. The van der Waals surface area contributed by atoms with E-state index in [1.807, 2.05) is 57.2 Å². The van der Waals surface area contributed by atoms with Gasteiger partial charge in [-0.25, -0.2) is 4.98 Å². The minimum atomic E-state index is -0.332. The van der Waals surface area contributed by atoms with Gasteiger partial charge in [0.25, 0.3) is 0 Å². The lowest BCUT2D eigenvalue weighted by atomic mass is 9.96. The van der Waals surface area contributed by atoms with Gasteiger partial charge >= 0.3 is 0 Å². The SMILES string of the molecule is CC(C)(C)Oc1ccc(-c2c(C#N)c(N)nc(NCc3cccnc3)c2C#N)cc1. The number of nitrogens with zero attached hydrogens (tertiary/aromatic N) is 4. The number of pyridine rings is 2. The van der Waals surface area contributed by atoms with Gasteiger partial charge in [0.05, 0.1) is 0 Å². The van der Waals surface area contributed by atoms with E-state index in [-0.39, 0.29) is 22.5 Å². The van der Waals surface area contributed by atoms with Crippen LogP contribution in [0, 0.1) is 22.7 Å². The van der Waals surface area contributed by atoms with Crippen molar-refractivity contribution in [1.82, 2.24) is 9.97 Å². The maximum Gasteiger partial charge on any atom is 0.147 e. The zero-order valence-electron chi connectivity index (χ0n) is 17.1. The summed E-state index contributed by atoms with van der Waals surface area (Å²) >= 11 is 0. The minimum absolute atomic E-state index is 0.0650. The van der Waals surface area contributed by atoms with Crippen molar-refractivity contribution >= 4 is 11.6 Å². The predicted molar refractivity (Wildman–Crippen MR) is 115 cm³/mol. The molecule has 3 N–H and O–H groups in total. The molecule has 0 aliphatic carbocycles. The Balaban J connectivity index is 2.03. The van der Waals surface area contributed by atoms with Gasteiger partial charge in [-0.3, -0.25) is 4.98 Å². The van der Waals surface area contributed by atoms with E-state index in [1.165, 1.54) is 0 Å². The fraction of sp³-hybridized carbons (Fsp3) is 0.217. The number of nitrogen functional groups attached to an aromatic ring is 1. The van der Waals surface area contributed by atoms with Gasteiger partial charge in [0.2, 0.25) is 0 Å². The van der Waals surface area contributed by atoms with Gasteiger partial charge in [0, 0.05) is 24.5 Å². The zero-order chi connectivity index (χ0) is 21.7. The van der Waals surface area contributed by atoms with Gasteiger partial charge in [-0.2, -0.15) is 10.5 Å². The maximum atomic E-state index is 9.86. The Morgan fingerprint density at radius 3 is 2.33 bits per heavy atom. The molecule has 3 rings (SSSR count). The number of aromatic nitrogens is 2. The number of nitrogens with two attached hydrogens (primary N) is 1. The van der Waals surface area contributed by atoms with Crippen LogP contribution in [-0.4, -0.2) is 15.6 Å². The highest BCUT2D eigenvalue weighted by molar-refractivity contribution is 5.85. The first-order valence-corrected chi connectivity index (χ1v) is 9.38. The van der Waals surface area contributed by atoms with Gasteiger partial charge in [0.1, 0.15) is 46.3 Å². The lowest BCUT2D eigenvalue weighted by Crippen LogP contribution is -2.22. The van der Waals surface area contributed by atoms with E-state index in [9.17, 15) is 10.5 Å². The molecule has 7 nitrogen and oxygen atoms in total. The van der Waals surface area contributed by atoms with Crippen molar-refractivity contribution in [3.8, 4) is 29.0 Å². The van der Waals surface area contributed by atoms with Crippen molar-refractivity contribution in [2.75, 3.05) is 11.1 Å². The smallest absolute Gasteiger partial charge is 0.147 e. The number of rotatable bonds is 5. The number of benzene rings is 1. The Labute approximate surface area is 175 Å². The van der Waals surface area contributed by atoms with Gasteiger partial charge in [-0.1, -0.05) is 18.2 Å². The summed E-state index contributed by atoms with van der Waals surface area (Å²) in [5.41, 5.74) is 8.21. The number of anilines is 2. The number of nitrogens with one attached hydrogen (secondary N) is 1. The van der Waals surface area contributed by atoms with E-state index in [0.717, 1.165) is 5.56 Å². The summed E-state index contributed by atoms with van der Waals surface area (Å²) in [6.45, 7) is 6.31. The average molecular weight is 398 g/mol. The van der Waals surface area contributed by atoms with Gasteiger partial charge < -0.3 is 15.8 Å². The summed E-state index contributed by atoms with van der Waals surface area (Å²) in [5, 5.41) is 22.7. The van der Waals surface area contributed by atoms with Crippen LogP contribution in [0.3, 0.4) is 0 Å². The van der Waals surface area contributed by atoms with Crippen LogP contribution >= 0.6 is 0 Å². The Morgan fingerprint density at radius 1 is 1.07 bits per heavy atom. The molecule has 0 amide bonds. The molecule has 0 saturated heterocycles. The summed E-state index contributed by atoms with van der Waals surface area (Å²) in [6, 6.07) is 15.2. The van der Waals surface area contributed by atoms with E-state index in [4.69, 9.17) is 10.5 Å². The van der Waals surface area contributed by atoms with Crippen LogP contribution < -0.4 is 15.8 Å². The van der Waals surface area contributed by atoms with Crippen molar-refractivity contribution in [3.05, 3.63) is 65.5 Å². The summed E-state index contributed by atoms with van der Waals surface area (Å²) in [5.74, 6) is 1.08. The first kappa shape index (κ1) is 20.6. The lowest BCUT2D eigenvalue weighted by molar-refractivity contribution is 0.131. The highest BCUT2D eigenvalue weighted by atomic mass is 16.5. The first-order valence-electron chi connectivity index (χ1n) is 9.38. The standard InChI is InChI=1S/C23H22N6O/c1-23(2,3)30-17-8-6-16(7-9-17)20-18(11-24)21(26)29-22(19(20)12-25)28-14-15-5-4-10-27-13-15/h4-10,13H,14H2,1-3H3,(H3,26,28,29). The van der Waals surface area contributed by atoms with Crippen LogP contribution in [0.15, 0.2) is 48.8 Å². The normalized spacial score (nSPS) is 10.7. The monoisotopic (exact) mass is 398 g/mol. The molecule has 0 radical (unpaired) electrons. The van der Waals surface area contributed by atoms with E-state index < -0.39 is 0 Å². The molecule has 0 aliphatic heterocycles. The molecule has 0 atom stereocenters. The maximum absolute atomic E-state index is 9.86. The number of hydrogen-bond donors (Lipinski definition) is 2. The quantitative estimate of drug-likeness (QED) is 0.658. The molecule has 30 heavy (non-hydrogen) atoms. The minimum Gasteiger partial charge on any atom is -0.488 e. The molecular formula is C23H22N6O. The van der Waals surface area contributed by atoms with Crippen LogP contribution in [0.4, 0.5) is 11.6 Å². The second kappa shape index (κ2) is 8.50. The molecule has 2 heterocycles. The van der Waals surface area contributed by atoms with Crippen LogP contribution in [0.2, 0.25) is 0 Å². The fourth-order valence-corrected chi connectivity index (χ4v) is 2.97. The molecule has 3 aromatic rings. The third-order valence-corrected chi connectivity index (χ3v) is 4.20. The van der Waals surface area contributed by atoms with E-state index >= 15 is 0 Å². The summed E-state index contributed by atoms with van der Waals surface area (Å²) in [4.78, 5) is 8.34. The van der Waals surface area contributed by atoms with Crippen molar-refractivity contribution in [2.45, 2.75) is 32.9 Å². The molecule has 0 saturated carbocycles. The van der Waals surface area contributed by atoms with Crippen LogP contribution in [0.5, 0.6) is 5.75 Å². The second-order valence-electron chi connectivity index (χ2n) is 7.65. The number of hydrogen-bond acceptors (Lipinski definition) is 7. The van der Waals surface area contributed by atoms with Crippen molar-refractivity contribution in [1.29, 1.82) is 10.5 Å². The molecule has 0 spiro atoms. The fourth-order valence-electron chi connectivity index (χ4n) is 2.97. The molecule has 7 heteroatoms. The molecule has 2 aromatic heterocycles. The van der Waals surface area contributed by atoms with Crippen molar-refractivity contribution in [2.24, 2.45) is 0 Å². The Bertz CT molecular complexity index is 1120. The molecule has 0 fully saturated rings. The second-order valence-corrected chi connectivity index (χ2v) is 7.65. The number of ether oxygens (including phenoxy) is 1. The summed E-state index contributed by atoms with van der Waals surface area (Å²) in [7, 11) is 0. The predicted octanol–water partition coefficient (Wildman–Crippen LogP) is 4.26. The van der Waals surface area contributed by atoms with Gasteiger partial charge in [0.15, 0.2) is 0 Å². The summed E-state index contributed by atoms with van der Waals surface area (Å²) < 4.78 is 5.86. The van der Waals surface area contributed by atoms with E-state index in [0.29, 0.717) is 29.2 Å². The molecular weight excluding hydrogens is 376 g/mol. The largest absolute Gasteiger partial charge is 0.488 e. The van der Waals surface area contributed by atoms with Crippen LogP contribution in [-0.2, 0) is 6.54 Å². The topological polar surface area (TPSA) is 121 Å². The van der Waals surface area contributed by atoms with E-state index in [2.05, 4.69) is 27.4 Å². The van der Waals surface area contributed by atoms with Gasteiger partial charge in [-0.05, 0) is 50.1 Å². The van der Waals surface area contributed by atoms with Crippen LogP contribution in [0.25, 0.3) is 11.1 Å². The Hall–Kier alpha value is -4.10. The molecule has 0 aliphatic rings. The highest BCUT2D eigenvalue weighted by Crippen LogP contribution is 2.35. The third-order valence-electron chi connectivity index (χ3n) is 4.20. The van der Waals surface area contributed by atoms with Crippen LogP contribution in [0.1, 0.15) is 37.5 Å². The zero-order valence-corrected chi connectivity index (χ0v) is 17.1. The molecule has 0 unspecified atom stereocenters. The van der Waals surface area contributed by atoms with Crippen molar-refractivity contribution in [3.63, 3.8) is 0 Å². The van der Waals surface area contributed by atoms with Crippen molar-refractivity contribution < 1.29 is 4.74 Å². The Morgan fingerprint density at radius 2 is 1.77 bits per heavy atom.